The zero-order valence-electron chi connectivity index (χ0n) is 20.5. The van der Waals surface area contributed by atoms with Crippen molar-refractivity contribution in [2.24, 2.45) is 0 Å². The lowest BCUT2D eigenvalue weighted by molar-refractivity contribution is 0.0344. The van der Waals surface area contributed by atoms with Crippen molar-refractivity contribution in [3.63, 3.8) is 0 Å². The van der Waals surface area contributed by atoms with E-state index in [1.165, 1.54) is 12.1 Å². The summed E-state index contributed by atoms with van der Waals surface area (Å²) in [6, 6.07) is 10.6. The highest BCUT2D eigenvalue weighted by atomic mass is 19.1. The first-order chi connectivity index (χ1) is 18.0. The molecule has 12 heteroatoms. The van der Waals surface area contributed by atoms with Crippen LogP contribution >= 0.6 is 0 Å². The molecule has 1 aromatic carbocycles. The third-order valence-electron chi connectivity index (χ3n) is 6.04. The van der Waals surface area contributed by atoms with Crippen LogP contribution in [0.2, 0.25) is 0 Å². The van der Waals surface area contributed by atoms with Gasteiger partial charge in [0.1, 0.15) is 17.4 Å². The highest BCUT2D eigenvalue weighted by Gasteiger charge is 2.23. The lowest BCUT2D eigenvalue weighted by Gasteiger charge is -2.26. The molecule has 3 aromatic heterocycles. The van der Waals surface area contributed by atoms with E-state index >= 15 is 0 Å². The van der Waals surface area contributed by atoms with Crippen LogP contribution in [-0.2, 0) is 9.47 Å². The predicted molar refractivity (Wildman–Crippen MR) is 134 cm³/mol. The van der Waals surface area contributed by atoms with Gasteiger partial charge in [-0.15, -0.1) is 5.10 Å². The number of anilines is 2. The van der Waals surface area contributed by atoms with E-state index in [2.05, 4.69) is 30.8 Å². The Hall–Kier alpha value is -4.03. The summed E-state index contributed by atoms with van der Waals surface area (Å²) in [4.78, 5) is 19.8. The first-order valence-electron chi connectivity index (χ1n) is 12.2. The minimum atomic E-state index is -0.777. The molecule has 5 rings (SSSR count). The summed E-state index contributed by atoms with van der Waals surface area (Å²) in [5.41, 5.74) is 2.23. The number of aromatic nitrogens is 5. The zero-order valence-corrected chi connectivity index (χ0v) is 20.5. The number of rotatable bonds is 9. The second-order valence-corrected chi connectivity index (χ2v) is 8.79. The van der Waals surface area contributed by atoms with Gasteiger partial charge in [0.15, 0.2) is 17.5 Å². The average Bonchev–Trinajstić information content (AvgIpc) is 3.55. The Balaban J connectivity index is 1.35. The van der Waals surface area contributed by atoms with Gasteiger partial charge < -0.3 is 20.1 Å². The molecule has 37 heavy (non-hydrogen) atoms. The maximum absolute atomic E-state index is 13.7. The summed E-state index contributed by atoms with van der Waals surface area (Å²) in [6.45, 7) is 6.21. The van der Waals surface area contributed by atoms with E-state index < -0.39 is 12.1 Å². The molecule has 4 heterocycles. The lowest BCUT2D eigenvalue weighted by atomic mass is 10.1. The molecule has 1 saturated heterocycles. The van der Waals surface area contributed by atoms with Crippen molar-refractivity contribution in [1.29, 1.82) is 0 Å². The fourth-order valence-corrected chi connectivity index (χ4v) is 4.16. The van der Waals surface area contributed by atoms with Gasteiger partial charge in [0.2, 0.25) is 0 Å². The fraction of sp³-hybridized carbons (Fsp3) is 0.360. The predicted octanol–water partition coefficient (Wildman–Crippen LogP) is 3.18. The molecule has 194 valence electrons. The maximum atomic E-state index is 13.7. The van der Waals surface area contributed by atoms with E-state index in [1.807, 2.05) is 25.1 Å². The van der Waals surface area contributed by atoms with Crippen LogP contribution in [0.4, 0.5) is 20.8 Å². The van der Waals surface area contributed by atoms with Crippen molar-refractivity contribution in [2.75, 3.05) is 44.8 Å². The number of hydrogen-bond donors (Lipinski definition) is 3. The van der Waals surface area contributed by atoms with Crippen LogP contribution in [0.3, 0.4) is 0 Å². The number of amides is 1. The van der Waals surface area contributed by atoms with Crippen molar-refractivity contribution in [1.82, 2.24) is 35.0 Å². The Morgan fingerprint density at radius 3 is 2.81 bits per heavy atom. The number of nitrogens with one attached hydrogen (secondary N) is 3. The molecule has 11 nitrogen and oxygen atoms in total. The third kappa shape index (κ3) is 6.22. The number of benzene rings is 1. The topological polar surface area (TPSA) is 122 Å². The summed E-state index contributed by atoms with van der Waals surface area (Å²) >= 11 is 0. The van der Waals surface area contributed by atoms with Crippen molar-refractivity contribution in [3.05, 3.63) is 71.6 Å². The molecule has 1 amide bonds. The van der Waals surface area contributed by atoms with Crippen LogP contribution in [0.1, 0.15) is 29.5 Å². The normalized spacial score (nSPS) is 15.0. The Labute approximate surface area is 213 Å². The quantitative estimate of drug-likeness (QED) is 0.295. The van der Waals surface area contributed by atoms with E-state index in [1.54, 1.807) is 22.8 Å². The van der Waals surface area contributed by atoms with Gasteiger partial charge in [-0.3, -0.25) is 10.00 Å². The van der Waals surface area contributed by atoms with E-state index in [-0.39, 0.29) is 12.4 Å². The van der Waals surface area contributed by atoms with Gasteiger partial charge in [-0.2, -0.15) is 5.10 Å². The van der Waals surface area contributed by atoms with E-state index in [0.29, 0.717) is 29.4 Å². The minimum absolute atomic E-state index is 0.266. The molecule has 0 spiro atoms. The SMILES string of the molecule is Cc1cc(Nc2nc(C(NC(=O)OCCCN3CCOCC3)c3ccc(F)cc3)nn3cccc23)n[nH]1. The van der Waals surface area contributed by atoms with Gasteiger partial charge >= 0.3 is 6.09 Å². The number of alkyl carbamates (subject to hydrolysis) is 1. The van der Waals surface area contributed by atoms with Crippen LogP contribution in [0, 0.1) is 12.7 Å². The maximum Gasteiger partial charge on any atom is 0.407 e. The van der Waals surface area contributed by atoms with Gasteiger partial charge in [-0.25, -0.2) is 18.7 Å². The molecule has 3 N–H and O–H groups in total. The van der Waals surface area contributed by atoms with Crippen molar-refractivity contribution < 1.29 is 18.7 Å². The monoisotopic (exact) mass is 508 g/mol. The number of ether oxygens (including phenoxy) is 2. The second kappa shape index (κ2) is 11.4. The molecule has 1 aliphatic heterocycles. The average molecular weight is 509 g/mol. The van der Waals surface area contributed by atoms with Crippen molar-refractivity contribution in [2.45, 2.75) is 19.4 Å². The molecular formula is C25H29FN8O3. The number of fused-ring (bicyclic) bond motifs is 1. The van der Waals surface area contributed by atoms with Crippen molar-refractivity contribution >= 4 is 23.2 Å². The number of carbonyl (C=O) groups excluding carboxylic acids is 1. The Morgan fingerprint density at radius 1 is 1.24 bits per heavy atom. The highest BCUT2D eigenvalue weighted by Crippen LogP contribution is 2.25. The number of carbonyl (C=O) groups is 1. The number of hydrogen-bond acceptors (Lipinski definition) is 8. The van der Waals surface area contributed by atoms with Crippen LogP contribution in [0.15, 0.2) is 48.7 Å². The van der Waals surface area contributed by atoms with Crippen LogP contribution in [0.5, 0.6) is 0 Å². The van der Waals surface area contributed by atoms with Gasteiger partial charge in [-0.05, 0) is 43.2 Å². The minimum Gasteiger partial charge on any atom is -0.449 e. The highest BCUT2D eigenvalue weighted by molar-refractivity contribution is 5.72. The Kier molecular flexibility index (Phi) is 7.57. The molecule has 1 aliphatic rings. The number of H-pyrrole nitrogens is 1. The standard InChI is InChI=1S/C25H29FN8O3/c1-17-16-21(31-30-17)27-23-20-4-2-10-34(20)32-24(29-23)22(18-5-7-19(26)8-6-18)28-25(35)37-13-3-9-33-11-14-36-15-12-33/h2,4-8,10,16,22H,3,9,11-15H2,1H3,(H,28,35)(H2,27,29,30,31,32). The summed E-state index contributed by atoms with van der Waals surface area (Å²) in [5, 5.41) is 17.8. The van der Waals surface area contributed by atoms with E-state index in [0.717, 1.165) is 44.1 Å². The van der Waals surface area contributed by atoms with Crippen molar-refractivity contribution in [3.8, 4) is 0 Å². The van der Waals surface area contributed by atoms with Gasteiger partial charge in [-0.1, -0.05) is 12.1 Å². The largest absolute Gasteiger partial charge is 0.449 e. The molecular weight excluding hydrogens is 479 g/mol. The summed E-state index contributed by atoms with van der Waals surface area (Å²) in [5.74, 6) is 1.02. The first-order valence-corrected chi connectivity index (χ1v) is 12.2. The molecule has 1 unspecified atom stereocenters. The Bertz CT molecular complexity index is 1330. The van der Waals surface area contributed by atoms with E-state index in [4.69, 9.17) is 14.5 Å². The fourth-order valence-electron chi connectivity index (χ4n) is 4.16. The van der Waals surface area contributed by atoms with Gasteiger partial charge in [0.05, 0.1) is 19.8 Å². The summed E-state index contributed by atoms with van der Waals surface area (Å²) in [6.07, 6.45) is 1.88. The molecule has 0 aliphatic carbocycles. The van der Waals surface area contributed by atoms with Crippen LogP contribution in [-0.4, -0.2) is 75.2 Å². The molecule has 0 saturated carbocycles. The third-order valence-corrected chi connectivity index (χ3v) is 6.04. The lowest BCUT2D eigenvalue weighted by Crippen LogP contribution is -2.37. The van der Waals surface area contributed by atoms with Gasteiger partial charge in [0.25, 0.3) is 0 Å². The molecule has 4 aromatic rings. The number of morpholine rings is 1. The van der Waals surface area contributed by atoms with Gasteiger partial charge in [0, 0.05) is 37.6 Å². The zero-order chi connectivity index (χ0) is 25.6. The molecule has 0 bridgehead atoms. The smallest absolute Gasteiger partial charge is 0.407 e. The molecule has 1 fully saturated rings. The molecule has 1 atom stereocenters. The summed E-state index contributed by atoms with van der Waals surface area (Å²) in [7, 11) is 0. The van der Waals surface area contributed by atoms with E-state index in [9.17, 15) is 9.18 Å². The number of nitrogens with zero attached hydrogens (tertiary/aromatic N) is 5. The number of halogens is 1. The summed E-state index contributed by atoms with van der Waals surface area (Å²) < 4.78 is 26.2. The van der Waals surface area contributed by atoms with Crippen LogP contribution < -0.4 is 10.6 Å². The number of aromatic amines is 1. The van der Waals surface area contributed by atoms with Crippen LogP contribution in [0.25, 0.3) is 5.52 Å². The number of aryl methyl sites for hydroxylation is 1. The first kappa shape index (κ1) is 24.7. The molecule has 0 radical (unpaired) electrons. The second-order valence-electron chi connectivity index (χ2n) is 8.79. The Morgan fingerprint density at radius 2 is 2.05 bits per heavy atom.